The molecule has 0 spiro atoms. The molecule has 0 unspecified atom stereocenters. The molecule has 0 aliphatic carbocycles. The molecule has 2 aromatic carbocycles. The molecule has 0 radical (unpaired) electrons. The Kier molecular flexibility index (Phi) is 4.50. The predicted octanol–water partition coefficient (Wildman–Crippen LogP) is 4.85. The molecule has 3 nitrogen and oxygen atoms in total. The van der Waals surface area contributed by atoms with E-state index in [2.05, 4.69) is 38.4 Å². The Balaban J connectivity index is 2.74. The lowest BCUT2D eigenvalue weighted by atomic mass is 10.1. The molecule has 0 fully saturated rings. The topological polar surface area (TPSA) is 35.5 Å². The monoisotopic (exact) mass is 398 g/mol. The van der Waals surface area contributed by atoms with Gasteiger partial charge >= 0.3 is 5.97 Å². The highest BCUT2D eigenvalue weighted by Crippen LogP contribution is 2.46. The third-order valence-electron chi connectivity index (χ3n) is 2.76. The van der Waals surface area contributed by atoms with Crippen molar-refractivity contribution in [2.75, 3.05) is 7.11 Å². The van der Waals surface area contributed by atoms with Crippen LogP contribution in [0, 0.1) is 0 Å². The molecule has 0 N–H and O–H groups in total. The van der Waals surface area contributed by atoms with Crippen LogP contribution in [0.1, 0.15) is 6.92 Å². The van der Waals surface area contributed by atoms with E-state index in [1.807, 2.05) is 24.3 Å². The fourth-order valence-corrected chi connectivity index (χ4v) is 2.82. The highest BCUT2D eigenvalue weighted by atomic mass is 79.9. The summed E-state index contributed by atoms with van der Waals surface area (Å²) in [7, 11) is 1.60. The zero-order valence-corrected chi connectivity index (χ0v) is 14.2. The lowest BCUT2D eigenvalue weighted by molar-refractivity contribution is -0.130. The highest BCUT2D eigenvalue weighted by Gasteiger charge is 2.20. The van der Waals surface area contributed by atoms with Crippen LogP contribution < -0.4 is 9.47 Å². The van der Waals surface area contributed by atoms with Gasteiger partial charge in [-0.05, 0) is 38.8 Å². The van der Waals surface area contributed by atoms with Crippen molar-refractivity contribution in [2.24, 2.45) is 0 Å². The van der Waals surface area contributed by atoms with E-state index in [0.29, 0.717) is 26.0 Å². The van der Waals surface area contributed by atoms with Gasteiger partial charge in [0.05, 0.1) is 16.1 Å². The first-order valence-electron chi connectivity index (χ1n) is 5.78. The molecular weight excluding hydrogens is 388 g/mol. The Bertz CT molecular complexity index is 708. The quantitative estimate of drug-likeness (QED) is 0.420. The van der Waals surface area contributed by atoms with Crippen molar-refractivity contribution in [3.8, 4) is 11.5 Å². The first kappa shape index (κ1) is 15.1. The summed E-state index contributed by atoms with van der Waals surface area (Å²) < 4.78 is 12.2. The van der Waals surface area contributed by atoms with Gasteiger partial charge in [0.25, 0.3) is 0 Å². The molecular formula is C15H12Br2O3. The average molecular weight is 400 g/mol. The molecule has 104 valence electrons. The van der Waals surface area contributed by atoms with Crippen molar-refractivity contribution in [3.05, 3.63) is 45.4 Å². The molecule has 0 aromatic heterocycles. The number of ether oxygens (including phenoxy) is 2. The second-order valence-electron chi connectivity index (χ2n) is 4.21. The van der Waals surface area contributed by atoms with Gasteiger partial charge in [-0.3, -0.25) is 0 Å². The molecule has 0 bridgehead atoms. The number of halogens is 2. The Hall–Kier alpha value is -1.33. The average Bonchev–Trinajstić information content (AvgIpc) is 2.44. The van der Waals surface area contributed by atoms with E-state index in [1.165, 1.54) is 0 Å². The van der Waals surface area contributed by atoms with Gasteiger partial charge in [0, 0.05) is 16.3 Å². The zero-order chi connectivity index (χ0) is 14.9. The minimum atomic E-state index is -0.465. The largest absolute Gasteiger partial charge is 0.495 e. The number of rotatable bonds is 3. The lowest BCUT2D eigenvalue weighted by Gasteiger charge is -2.15. The summed E-state index contributed by atoms with van der Waals surface area (Å²) in [6.45, 7) is 5.20. The molecule has 0 saturated carbocycles. The molecule has 0 saturated heterocycles. The predicted molar refractivity (Wildman–Crippen MR) is 86.3 cm³/mol. The standard InChI is InChI=1S/C15H12Br2O3/c1-8(2)15(18)20-14-10-7-5-4-6-9(10)13(19-3)11(16)12(14)17/h4-7H,1H2,2-3H3. The van der Waals surface area contributed by atoms with Gasteiger partial charge in [-0.1, -0.05) is 30.8 Å². The van der Waals surface area contributed by atoms with Crippen LogP contribution in [0.5, 0.6) is 11.5 Å². The van der Waals surface area contributed by atoms with Crippen molar-refractivity contribution in [2.45, 2.75) is 6.92 Å². The molecule has 0 heterocycles. The SMILES string of the molecule is C=C(C)C(=O)Oc1c(Br)c(Br)c(OC)c2ccccc12. The van der Waals surface area contributed by atoms with Crippen molar-refractivity contribution in [1.29, 1.82) is 0 Å². The summed E-state index contributed by atoms with van der Waals surface area (Å²) in [5.41, 5.74) is 0.341. The Morgan fingerprint density at radius 1 is 1.10 bits per heavy atom. The first-order chi connectivity index (χ1) is 9.47. The second-order valence-corrected chi connectivity index (χ2v) is 5.79. The smallest absolute Gasteiger partial charge is 0.338 e. The minimum Gasteiger partial charge on any atom is -0.495 e. The highest BCUT2D eigenvalue weighted by molar-refractivity contribution is 9.13. The van der Waals surface area contributed by atoms with Crippen LogP contribution in [-0.4, -0.2) is 13.1 Å². The molecule has 0 aliphatic heterocycles. The number of hydrogen-bond acceptors (Lipinski definition) is 3. The van der Waals surface area contributed by atoms with Crippen LogP contribution in [-0.2, 0) is 4.79 Å². The van der Waals surface area contributed by atoms with Gasteiger partial charge in [-0.25, -0.2) is 4.79 Å². The Morgan fingerprint density at radius 3 is 2.10 bits per heavy atom. The van der Waals surface area contributed by atoms with Gasteiger partial charge < -0.3 is 9.47 Å². The fourth-order valence-electron chi connectivity index (χ4n) is 1.79. The number of fused-ring (bicyclic) bond motifs is 1. The van der Waals surface area contributed by atoms with Crippen LogP contribution in [0.3, 0.4) is 0 Å². The molecule has 2 aromatic rings. The van der Waals surface area contributed by atoms with Crippen LogP contribution in [0.15, 0.2) is 45.4 Å². The van der Waals surface area contributed by atoms with Gasteiger partial charge in [-0.2, -0.15) is 0 Å². The fraction of sp³-hybridized carbons (Fsp3) is 0.133. The molecule has 20 heavy (non-hydrogen) atoms. The third-order valence-corrected chi connectivity index (χ3v) is 4.80. The van der Waals surface area contributed by atoms with Crippen LogP contribution in [0.4, 0.5) is 0 Å². The van der Waals surface area contributed by atoms with Crippen LogP contribution in [0.25, 0.3) is 10.8 Å². The van der Waals surface area contributed by atoms with E-state index in [4.69, 9.17) is 9.47 Å². The van der Waals surface area contributed by atoms with E-state index in [1.54, 1.807) is 14.0 Å². The van der Waals surface area contributed by atoms with Crippen molar-refractivity contribution < 1.29 is 14.3 Å². The number of benzene rings is 2. The number of methoxy groups -OCH3 is 1. The maximum absolute atomic E-state index is 11.8. The van der Waals surface area contributed by atoms with E-state index in [0.717, 1.165) is 10.8 Å². The summed E-state index contributed by atoms with van der Waals surface area (Å²) in [5, 5.41) is 1.64. The van der Waals surface area contributed by atoms with Gasteiger partial charge in [0.1, 0.15) is 5.75 Å². The maximum atomic E-state index is 11.8. The zero-order valence-electron chi connectivity index (χ0n) is 11.0. The molecule has 2 rings (SSSR count). The van der Waals surface area contributed by atoms with Crippen molar-refractivity contribution in [3.63, 3.8) is 0 Å². The molecule has 0 aliphatic rings. The summed E-state index contributed by atoms with van der Waals surface area (Å²) in [4.78, 5) is 11.8. The third kappa shape index (κ3) is 2.60. The van der Waals surface area contributed by atoms with Gasteiger partial charge in [0.2, 0.25) is 0 Å². The molecule has 0 amide bonds. The summed E-state index contributed by atoms with van der Waals surface area (Å²) in [6, 6.07) is 7.55. The number of carbonyl (C=O) groups excluding carboxylic acids is 1. The van der Waals surface area contributed by atoms with Crippen molar-refractivity contribution >= 4 is 48.6 Å². The first-order valence-corrected chi connectivity index (χ1v) is 7.37. The van der Waals surface area contributed by atoms with Gasteiger partial charge in [-0.15, -0.1) is 0 Å². The Labute approximate surface area is 133 Å². The summed E-state index contributed by atoms with van der Waals surface area (Å²) >= 11 is 6.89. The Morgan fingerprint density at radius 2 is 1.60 bits per heavy atom. The molecule has 0 atom stereocenters. The number of esters is 1. The van der Waals surface area contributed by atoms with E-state index < -0.39 is 5.97 Å². The van der Waals surface area contributed by atoms with E-state index >= 15 is 0 Å². The van der Waals surface area contributed by atoms with E-state index in [9.17, 15) is 4.79 Å². The molecule has 5 heteroatoms. The summed E-state index contributed by atoms with van der Waals surface area (Å²) in [5.74, 6) is 0.664. The summed E-state index contributed by atoms with van der Waals surface area (Å²) in [6.07, 6.45) is 0. The number of hydrogen-bond donors (Lipinski definition) is 0. The van der Waals surface area contributed by atoms with Crippen LogP contribution in [0.2, 0.25) is 0 Å². The number of carbonyl (C=O) groups is 1. The normalized spacial score (nSPS) is 10.4. The van der Waals surface area contributed by atoms with Gasteiger partial charge in [0.15, 0.2) is 5.75 Å². The minimum absolute atomic E-state index is 0.341. The second kappa shape index (κ2) is 5.97. The van der Waals surface area contributed by atoms with Crippen molar-refractivity contribution in [1.82, 2.24) is 0 Å². The van der Waals surface area contributed by atoms with E-state index in [-0.39, 0.29) is 0 Å². The maximum Gasteiger partial charge on any atom is 0.338 e. The van der Waals surface area contributed by atoms with Crippen LogP contribution >= 0.6 is 31.9 Å². The lowest BCUT2D eigenvalue weighted by Crippen LogP contribution is -2.09.